The first-order chi connectivity index (χ1) is 12.7. The molecule has 0 bridgehead atoms. The van der Waals surface area contributed by atoms with E-state index in [1.165, 1.54) is 0 Å². The predicted molar refractivity (Wildman–Crippen MR) is 98.8 cm³/mol. The zero-order valence-corrected chi connectivity index (χ0v) is 15.1. The van der Waals surface area contributed by atoms with Gasteiger partial charge in [0.1, 0.15) is 11.5 Å². The van der Waals surface area contributed by atoms with Crippen LogP contribution in [0.15, 0.2) is 51.4 Å². The average molecular weight is 380 g/mol. The van der Waals surface area contributed by atoms with Crippen molar-refractivity contribution in [3.05, 3.63) is 46.3 Å². The van der Waals surface area contributed by atoms with Crippen LogP contribution in [0, 0.1) is 11.3 Å². The van der Waals surface area contributed by atoms with E-state index in [1.54, 1.807) is 0 Å². The molecular formula is C18H23F3N6. The third-order valence-corrected chi connectivity index (χ3v) is 5.21. The van der Waals surface area contributed by atoms with Crippen molar-refractivity contribution in [3.8, 4) is 0 Å². The summed E-state index contributed by atoms with van der Waals surface area (Å²) in [4.78, 5) is 0. The summed E-state index contributed by atoms with van der Waals surface area (Å²) in [5.41, 5.74) is 16.1. The van der Waals surface area contributed by atoms with Crippen molar-refractivity contribution in [1.82, 2.24) is 10.7 Å². The maximum absolute atomic E-state index is 13.2. The van der Waals surface area contributed by atoms with Crippen LogP contribution in [0.1, 0.15) is 26.7 Å². The molecule has 7 N–H and O–H groups in total. The molecule has 1 aliphatic carbocycles. The Kier molecular flexibility index (Phi) is 4.79. The second-order valence-corrected chi connectivity index (χ2v) is 6.83. The normalized spacial score (nSPS) is 27.7. The van der Waals surface area contributed by atoms with Crippen molar-refractivity contribution in [2.24, 2.45) is 22.5 Å². The summed E-state index contributed by atoms with van der Waals surface area (Å²) >= 11 is 0. The van der Waals surface area contributed by atoms with Crippen LogP contribution in [-0.4, -0.2) is 29.8 Å². The minimum Gasteiger partial charge on any atom is -0.404 e. The summed E-state index contributed by atoms with van der Waals surface area (Å²) < 4.78 is 39.5. The number of alkyl halides is 3. The molecule has 0 saturated carbocycles. The van der Waals surface area contributed by atoms with Crippen molar-refractivity contribution in [3.63, 3.8) is 0 Å². The van der Waals surface area contributed by atoms with E-state index in [0.717, 1.165) is 29.3 Å². The van der Waals surface area contributed by atoms with Gasteiger partial charge in [0.2, 0.25) is 0 Å². The number of nitrogens with one attached hydrogen (secondary N) is 3. The Bertz CT molecular complexity index is 815. The van der Waals surface area contributed by atoms with Crippen molar-refractivity contribution < 1.29 is 13.2 Å². The van der Waals surface area contributed by atoms with Crippen molar-refractivity contribution in [1.29, 1.82) is 5.41 Å². The van der Waals surface area contributed by atoms with E-state index in [2.05, 4.69) is 15.8 Å². The number of rotatable bonds is 4. The Balaban J connectivity index is 2.08. The molecule has 3 rings (SSSR count). The molecule has 146 valence electrons. The van der Waals surface area contributed by atoms with Crippen LogP contribution in [0.5, 0.6) is 0 Å². The summed E-state index contributed by atoms with van der Waals surface area (Å²) in [6.45, 7) is 3.85. The van der Waals surface area contributed by atoms with Gasteiger partial charge in [-0.1, -0.05) is 19.4 Å². The maximum Gasteiger partial charge on any atom is 0.433 e. The summed E-state index contributed by atoms with van der Waals surface area (Å²) in [5.74, 6) is 0.280. The number of dihydropyridines is 1. The highest BCUT2D eigenvalue weighted by molar-refractivity contribution is 6.03. The third kappa shape index (κ3) is 3.11. The number of hydrogen-bond donors (Lipinski definition) is 5. The van der Waals surface area contributed by atoms with Gasteiger partial charge in [0.15, 0.2) is 0 Å². The van der Waals surface area contributed by atoms with E-state index in [9.17, 15) is 13.2 Å². The van der Waals surface area contributed by atoms with Gasteiger partial charge in [-0.2, -0.15) is 18.3 Å². The van der Waals surface area contributed by atoms with Gasteiger partial charge in [-0.25, -0.2) is 0 Å². The smallest absolute Gasteiger partial charge is 0.404 e. The van der Waals surface area contributed by atoms with Gasteiger partial charge in [0, 0.05) is 17.5 Å². The summed E-state index contributed by atoms with van der Waals surface area (Å²) in [6.07, 6.45) is 1.14. The molecule has 3 aliphatic rings. The second-order valence-electron chi connectivity index (χ2n) is 6.83. The number of hydrazone groups is 1. The minimum absolute atomic E-state index is 0.0714. The molecule has 0 aromatic rings. The summed E-state index contributed by atoms with van der Waals surface area (Å²) in [6, 6.07) is -0.880. The lowest BCUT2D eigenvalue weighted by Crippen LogP contribution is -2.46. The summed E-state index contributed by atoms with van der Waals surface area (Å²) in [5, 5.41) is 14.9. The molecule has 6 nitrogen and oxygen atoms in total. The molecule has 0 fully saturated rings. The fraction of sp³-hybridized carbons (Fsp3) is 0.444. The zero-order valence-electron chi connectivity index (χ0n) is 15.1. The van der Waals surface area contributed by atoms with Crippen LogP contribution in [0.2, 0.25) is 0 Å². The Labute approximate surface area is 155 Å². The number of hydrogen-bond acceptors (Lipinski definition) is 6. The van der Waals surface area contributed by atoms with Crippen LogP contribution >= 0.6 is 0 Å². The lowest BCUT2D eigenvalue weighted by Gasteiger charge is -2.38. The van der Waals surface area contributed by atoms with Gasteiger partial charge < -0.3 is 22.2 Å². The third-order valence-electron chi connectivity index (χ3n) is 5.21. The molecule has 3 atom stereocenters. The van der Waals surface area contributed by atoms with Crippen molar-refractivity contribution in [2.45, 2.75) is 44.9 Å². The molecular weight excluding hydrogens is 357 g/mol. The van der Waals surface area contributed by atoms with Crippen LogP contribution in [0.4, 0.5) is 13.2 Å². The Morgan fingerprint density at radius 2 is 2.11 bits per heavy atom. The Hall–Kier alpha value is -2.71. The largest absolute Gasteiger partial charge is 0.433 e. The standard InChI is InChI=1S/C18H23F3N6/c1-3-4-9-8(2)13-11(5-6-12-14(13)17(24)27-26-12)25-15(9)10(7-22)16(23)18(19,20)21/h5-7,12,14-15,23,25-26H,3-4,22H2,1-2H3,(H2,24,27)/b10-7-,23-16?. The molecule has 0 aromatic carbocycles. The van der Waals surface area contributed by atoms with Crippen LogP contribution in [0.3, 0.4) is 0 Å². The molecule has 27 heavy (non-hydrogen) atoms. The van der Waals surface area contributed by atoms with Gasteiger partial charge in [-0.15, -0.1) is 0 Å². The quantitative estimate of drug-likeness (QED) is 0.481. The van der Waals surface area contributed by atoms with E-state index in [0.29, 0.717) is 18.0 Å². The minimum atomic E-state index is -4.77. The van der Waals surface area contributed by atoms with E-state index in [4.69, 9.17) is 16.9 Å². The van der Waals surface area contributed by atoms with Gasteiger partial charge in [-0.3, -0.25) is 5.41 Å². The Morgan fingerprint density at radius 3 is 2.70 bits per heavy atom. The lowest BCUT2D eigenvalue weighted by atomic mass is 9.75. The number of fused-ring (bicyclic) bond motifs is 2. The highest BCUT2D eigenvalue weighted by Gasteiger charge is 2.44. The molecule has 9 heteroatoms. The number of nitrogens with zero attached hydrogens (tertiary/aromatic N) is 1. The van der Waals surface area contributed by atoms with Crippen LogP contribution in [0.25, 0.3) is 0 Å². The number of halogens is 3. The van der Waals surface area contributed by atoms with E-state index < -0.39 is 17.9 Å². The van der Waals surface area contributed by atoms with E-state index in [-0.39, 0.29) is 17.5 Å². The number of allylic oxidation sites excluding steroid dienone is 2. The first kappa shape index (κ1) is 19.1. The van der Waals surface area contributed by atoms with Gasteiger partial charge in [0.05, 0.1) is 18.0 Å². The average Bonchev–Trinajstić information content (AvgIpc) is 2.99. The van der Waals surface area contributed by atoms with Crippen molar-refractivity contribution >= 4 is 11.5 Å². The SMILES string of the molecule is CCCC1=C(C)C2=C(C=CC3NN=C(N)C23)NC1/C(=C/N)C(=N)C(F)(F)F. The molecule has 3 unspecified atom stereocenters. The molecule has 2 aliphatic heterocycles. The Morgan fingerprint density at radius 1 is 1.41 bits per heavy atom. The molecule has 2 heterocycles. The molecule has 0 aromatic heterocycles. The molecule has 0 amide bonds. The molecule has 0 radical (unpaired) electrons. The topological polar surface area (TPSA) is 112 Å². The van der Waals surface area contributed by atoms with E-state index in [1.807, 2.05) is 26.0 Å². The maximum atomic E-state index is 13.2. The first-order valence-electron chi connectivity index (χ1n) is 8.76. The molecule has 0 spiro atoms. The monoisotopic (exact) mass is 380 g/mol. The van der Waals surface area contributed by atoms with Gasteiger partial charge in [-0.05, 0) is 36.1 Å². The fourth-order valence-corrected chi connectivity index (χ4v) is 3.96. The van der Waals surface area contributed by atoms with Gasteiger partial charge >= 0.3 is 6.18 Å². The lowest BCUT2D eigenvalue weighted by molar-refractivity contribution is -0.0592. The highest BCUT2D eigenvalue weighted by atomic mass is 19.4. The first-order valence-corrected chi connectivity index (χ1v) is 8.76. The van der Waals surface area contributed by atoms with Crippen LogP contribution < -0.4 is 22.2 Å². The highest BCUT2D eigenvalue weighted by Crippen LogP contribution is 2.40. The second kappa shape index (κ2) is 6.79. The van der Waals surface area contributed by atoms with Gasteiger partial charge in [0.25, 0.3) is 0 Å². The number of amidine groups is 1. The van der Waals surface area contributed by atoms with Crippen molar-refractivity contribution in [2.75, 3.05) is 0 Å². The molecule has 0 saturated heterocycles. The van der Waals surface area contributed by atoms with E-state index >= 15 is 0 Å². The zero-order chi connectivity index (χ0) is 19.9. The predicted octanol–water partition coefficient (Wildman–Crippen LogP) is 2.18. The van der Waals surface area contributed by atoms with Crippen LogP contribution in [-0.2, 0) is 0 Å². The fourth-order valence-electron chi connectivity index (χ4n) is 3.96. The number of nitrogens with two attached hydrogens (primary N) is 2. The summed E-state index contributed by atoms with van der Waals surface area (Å²) in [7, 11) is 0.